The van der Waals surface area contributed by atoms with Crippen LogP contribution in [-0.4, -0.2) is 31.7 Å². The van der Waals surface area contributed by atoms with Gasteiger partial charge in [0, 0.05) is 22.5 Å². The van der Waals surface area contributed by atoms with Gasteiger partial charge in [-0.15, -0.1) is 11.3 Å². The van der Waals surface area contributed by atoms with Crippen molar-refractivity contribution in [2.45, 2.75) is 32.4 Å². The Morgan fingerprint density at radius 2 is 2.16 bits per heavy atom. The van der Waals surface area contributed by atoms with Crippen LogP contribution in [0.3, 0.4) is 0 Å². The van der Waals surface area contributed by atoms with Gasteiger partial charge < -0.3 is 10.4 Å². The summed E-state index contributed by atoms with van der Waals surface area (Å²) < 4.78 is 1.79. The Morgan fingerprint density at radius 1 is 1.36 bits per heavy atom. The van der Waals surface area contributed by atoms with Crippen molar-refractivity contribution >= 4 is 34.2 Å². The SMILES string of the molecule is CC(C)n1ncc2cc(C(=O)NC(CC(=O)O)c3cccs3)cnc21. The highest BCUT2D eigenvalue weighted by Crippen LogP contribution is 2.23. The molecule has 1 amide bonds. The minimum absolute atomic E-state index is 0.170. The van der Waals surface area contributed by atoms with Gasteiger partial charge >= 0.3 is 5.97 Å². The molecule has 3 aromatic heterocycles. The van der Waals surface area contributed by atoms with Gasteiger partial charge in [-0.3, -0.25) is 9.59 Å². The van der Waals surface area contributed by atoms with Crippen molar-refractivity contribution in [1.82, 2.24) is 20.1 Å². The van der Waals surface area contributed by atoms with Crippen molar-refractivity contribution < 1.29 is 14.7 Å². The van der Waals surface area contributed by atoms with Gasteiger partial charge in [0.1, 0.15) is 0 Å². The number of aromatic nitrogens is 3. The smallest absolute Gasteiger partial charge is 0.305 e. The van der Waals surface area contributed by atoms with Gasteiger partial charge in [-0.2, -0.15) is 5.10 Å². The van der Waals surface area contributed by atoms with Gasteiger partial charge in [0.2, 0.25) is 0 Å². The van der Waals surface area contributed by atoms with Crippen molar-refractivity contribution in [3.8, 4) is 0 Å². The maximum Gasteiger partial charge on any atom is 0.305 e. The first-order valence-electron chi connectivity index (χ1n) is 7.85. The van der Waals surface area contributed by atoms with E-state index in [0.29, 0.717) is 11.2 Å². The number of nitrogens with one attached hydrogen (secondary N) is 1. The van der Waals surface area contributed by atoms with Gasteiger partial charge in [0.25, 0.3) is 5.91 Å². The van der Waals surface area contributed by atoms with Crippen LogP contribution in [0.25, 0.3) is 11.0 Å². The van der Waals surface area contributed by atoms with E-state index in [-0.39, 0.29) is 18.4 Å². The Balaban J connectivity index is 1.84. The molecule has 3 rings (SSSR count). The first-order chi connectivity index (χ1) is 12.0. The fraction of sp³-hybridized carbons (Fsp3) is 0.294. The lowest BCUT2D eigenvalue weighted by Crippen LogP contribution is -2.29. The lowest BCUT2D eigenvalue weighted by Gasteiger charge is -2.15. The van der Waals surface area contributed by atoms with E-state index in [1.165, 1.54) is 17.5 Å². The number of rotatable bonds is 6. The minimum Gasteiger partial charge on any atom is -0.481 e. The number of hydrogen-bond acceptors (Lipinski definition) is 5. The first-order valence-corrected chi connectivity index (χ1v) is 8.73. The average Bonchev–Trinajstić information content (AvgIpc) is 3.22. The van der Waals surface area contributed by atoms with E-state index in [4.69, 9.17) is 5.11 Å². The van der Waals surface area contributed by atoms with Gasteiger partial charge in [-0.05, 0) is 31.4 Å². The van der Waals surface area contributed by atoms with Crippen LogP contribution in [0.15, 0.2) is 36.0 Å². The molecule has 0 aliphatic carbocycles. The number of thiophene rings is 1. The fourth-order valence-electron chi connectivity index (χ4n) is 2.57. The number of pyridine rings is 1. The van der Waals surface area contributed by atoms with Gasteiger partial charge in [-0.25, -0.2) is 9.67 Å². The summed E-state index contributed by atoms with van der Waals surface area (Å²) >= 11 is 1.41. The van der Waals surface area contributed by atoms with E-state index >= 15 is 0 Å². The van der Waals surface area contributed by atoms with E-state index in [1.54, 1.807) is 16.9 Å². The van der Waals surface area contributed by atoms with Crippen LogP contribution >= 0.6 is 11.3 Å². The number of fused-ring (bicyclic) bond motifs is 1. The summed E-state index contributed by atoms with van der Waals surface area (Å²) in [5.41, 5.74) is 1.09. The lowest BCUT2D eigenvalue weighted by molar-refractivity contribution is -0.137. The van der Waals surface area contributed by atoms with E-state index in [1.807, 2.05) is 31.4 Å². The molecule has 1 unspecified atom stereocenters. The van der Waals surface area contributed by atoms with E-state index in [2.05, 4.69) is 15.4 Å². The van der Waals surface area contributed by atoms with Crippen molar-refractivity contribution in [3.05, 3.63) is 46.4 Å². The van der Waals surface area contributed by atoms with Crippen LogP contribution in [0.5, 0.6) is 0 Å². The molecular weight excluding hydrogens is 340 g/mol. The molecule has 3 aromatic rings. The molecule has 0 bridgehead atoms. The molecule has 0 fully saturated rings. The van der Waals surface area contributed by atoms with Crippen molar-refractivity contribution in [2.75, 3.05) is 0 Å². The molecule has 0 spiro atoms. The normalized spacial score (nSPS) is 12.4. The Kier molecular flexibility index (Phi) is 4.80. The summed E-state index contributed by atoms with van der Waals surface area (Å²) in [5.74, 6) is -1.32. The fourth-order valence-corrected chi connectivity index (χ4v) is 3.35. The van der Waals surface area contributed by atoms with Gasteiger partial charge in [0.15, 0.2) is 5.65 Å². The lowest BCUT2D eigenvalue weighted by atomic mass is 10.1. The predicted molar refractivity (Wildman–Crippen MR) is 94.7 cm³/mol. The number of aliphatic carboxylic acids is 1. The molecule has 7 nitrogen and oxygen atoms in total. The second-order valence-corrected chi connectivity index (χ2v) is 6.94. The maximum atomic E-state index is 12.5. The molecular formula is C17H18N4O3S. The molecule has 2 N–H and O–H groups in total. The zero-order valence-corrected chi connectivity index (χ0v) is 14.7. The molecule has 3 heterocycles. The van der Waals surface area contributed by atoms with E-state index in [0.717, 1.165) is 10.3 Å². The largest absolute Gasteiger partial charge is 0.481 e. The third kappa shape index (κ3) is 3.69. The molecule has 0 saturated carbocycles. The van der Waals surface area contributed by atoms with Crippen LogP contribution in [-0.2, 0) is 4.79 Å². The summed E-state index contributed by atoms with van der Waals surface area (Å²) in [5, 5.41) is 18.8. The second-order valence-electron chi connectivity index (χ2n) is 5.96. The zero-order chi connectivity index (χ0) is 18.0. The molecule has 0 aromatic carbocycles. The molecule has 0 aliphatic heterocycles. The minimum atomic E-state index is -0.967. The Morgan fingerprint density at radius 3 is 2.80 bits per heavy atom. The summed E-state index contributed by atoms with van der Waals surface area (Å²) in [6.45, 7) is 4.01. The molecule has 8 heteroatoms. The van der Waals surface area contributed by atoms with Gasteiger partial charge in [-0.1, -0.05) is 6.07 Å². The third-order valence-electron chi connectivity index (χ3n) is 3.76. The van der Waals surface area contributed by atoms with E-state index < -0.39 is 12.0 Å². The Bertz CT molecular complexity index is 902. The number of carbonyl (C=O) groups excluding carboxylic acids is 1. The van der Waals surface area contributed by atoms with Crippen molar-refractivity contribution in [1.29, 1.82) is 0 Å². The summed E-state index contributed by atoms with van der Waals surface area (Å²) in [7, 11) is 0. The molecule has 0 aliphatic rings. The highest BCUT2D eigenvalue weighted by atomic mass is 32.1. The zero-order valence-electron chi connectivity index (χ0n) is 13.8. The Hall–Kier alpha value is -2.74. The summed E-state index contributed by atoms with van der Waals surface area (Å²) in [6, 6.07) is 4.96. The van der Waals surface area contributed by atoms with Crippen LogP contribution in [0, 0.1) is 0 Å². The number of nitrogens with zero attached hydrogens (tertiary/aromatic N) is 3. The first kappa shape index (κ1) is 17.1. The second kappa shape index (κ2) is 7.02. The molecule has 130 valence electrons. The highest BCUT2D eigenvalue weighted by molar-refractivity contribution is 7.10. The van der Waals surface area contributed by atoms with Crippen molar-refractivity contribution in [2.24, 2.45) is 0 Å². The molecule has 0 radical (unpaired) electrons. The number of carboxylic acid groups (broad SMARTS) is 1. The highest BCUT2D eigenvalue weighted by Gasteiger charge is 2.20. The monoisotopic (exact) mass is 358 g/mol. The summed E-state index contributed by atoms with van der Waals surface area (Å²) in [4.78, 5) is 28.8. The quantitative estimate of drug-likeness (QED) is 0.706. The molecule has 25 heavy (non-hydrogen) atoms. The number of hydrogen-bond donors (Lipinski definition) is 2. The predicted octanol–water partition coefficient (Wildman–Crippen LogP) is 3.02. The van der Waals surface area contributed by atoms with Crippen LogP contribution in [0.4, 0.5) is 0 Å². The number of amides is 1. The standard InChI is InChI=1S/C17H18N4O3S/c1-10(2)21-16-11(9-19-21)6-12(8-18-16)17(24)20-13(7-15(22)23)14-4-3-5-25-14/h3-6,8-10,13H,7H2,1-2H3,(H,20,24)(H,22,23). The van der Waals surface area contributed by atoms with E-state index in [9.17, 15) is 9.59 Å². The molecule has 0 saturated heterocycles. The molecule has 1 atom stereocenters. The maximum absolute atomic E-state index is 12.5. The number of carbonyl (C=O) groups is 2. The van der Waals surface area contributed by atoms with Crippen LogP contribution < -0.4 is 5.32 Å². The topological polar surface area (TPSA) is 97.1 Å². The number of carboxylic acids is 1. The van der Waals surface area contributed by atoms with Crippen LogP contribution in [0.1, 0.15) is 47.6 Å². The third-order valence-corrected chi connectivity index (χ3v) is 4.74. The van der Waals surface area contributed by atoms with Gasteiger partial charge in [0.05, 0.1) is 24.2 Å². The Labute approximate surface area is 148 Å². The average molecular weight is 358 g/mol. The summed E-state index contributed by atoms with van der Waals surface area (Å²) in [6.07, 6.45) is 2.99. The van der Waals surface area contributed by atoms with Crippen LogP contribution in [0.2, 0.25) is 0 Å². The van der Waals surface area contributed by atoms with Crippen molar-refractivity contribution in [3.63, 3.8) is 0 Å².